The van der Waals surface area contributed by atoms with Crippen molar-refractivity contribution in [3.8, 4) is 11.5 Å². The molecule has 2 amide bonds. The van der Waals surface area contributed by atoms with Crippen molar-refractivity contribution in [2.75, 3.05) is 37.6 Å². The quantitative estimate of drug-likeness (QED) is 0.685. The van der Waals surface area contributed by atoms with Gasteiger partial charge in [-0.1, -0.05) is 12.1 Å². The molecule has 0 unspecified atom stereocenters. The van der Waals surface area contributed by atoms with Crippen LogP contribution in [0.2, 0.25) is 0 Å². The molecular weight excluding hydrogens is 400 g/mol. The second-order valence-corrected chi connectivity index (χ2v) is 7.42. The van der Waals surface area contributed by atoms with E-state index in [1.54, 1.807) is 23.1 Å². The van der Waals surface area contributed by atoms with Gasteiger partial charge in [0.05, 0.1) is 25.8 Å². The number of nitrogens with zero attached hydrogens (tertiary/aromatic N) is 1. The van der Waals surface area contributed by atoms with Gasteiger partial charge in [-0.3, -0.25) is 14.4 Å². The first-order chi connectivity index (χ1) is 14.8. The Labute approximate surface area is 181 Å². The number of benzene rings is 2. The molecule has 2 aromatic rings. The molecule has 31 heavy (non-hydrogen) atoms. The summed E-state index contributed by atoms with van der Waals surface area (Å²) < 4.78 is 15.5. The van der Waals surface area contributed by atoms with Crippen molar-refractivity contribution in [1.82, 2.24) is 0 Å². The minimum absolute atomic E-state index is 0.0531. The smallest absolute Gasteiger partial charge is 0.311 e. The molecule has 1 atom stereocenters. The van der Waals surface area contributed by atoms with Crippen LogP contribution in [0.3, 0.4) is 0 Å². The lowest BCUT2D eigenvalue weighted by Crippen LogP contribution is -2.28. The summed E-state index contributed by atoms with van der Waals surface area (Å²) in [6.07, 6.45) is 0.0531. The zero-order chi connectivity index (χ0) is 22.5. The third-order valence-electron chi connectivity index (χ3n) is 5.14. The summed E-state index contributed by atoms with van der Waals surface area (Å²) in [5.41, 5.74) is 3.19. The fraction of sp³-hybridized carbons (Fsp3) is 0.348. The number of anilines is 2. The lowest BCUT2D eigenvalue weighted by Gasteiger charge is -2.19. The van der Waals surface area contributed by atoms with Crippen LogP contribution in [0, 0.1) is 19.8 Å². The highest BCUT2D eigenvalue weighted by Crippen LogP contribution is 2.30. The number of hydrogen-bond donors (Lipinski definition) is 1. The van der Waals surface area contributed by atoms with Crippen LogP contribution in [0.5, 0.6) is 11.5 Å². The third-order valence-corrected chi connectivity index (χ3v) is 5.14. The van der Waals surface area contributed by atoms with Crippen molar-refractivity contribution in [2.24, 2.45) is 5.92 Å². The molecule has 0 spiro atoms. The largest absolute Gasteiger partial charge is 0.497 e. The van der Waals surface area contributed by atoms with Crippen molar-refractivity contribution in [3.05, 3.63) is 47.5 Å². The fourth-order valence-electron chi connectivity index (χ4n) is 3.46. The predicted octanol–water partition coefficient (Wildman–Crippen LogP) is 2.86. The maximum absolute atomic E-state index is 12.5. The average Bonchev–Trinajstić information content (AvgIpc) is 3.15. The minimum Gasteiger partial charge on any atom is -0.497 e. The average molecular weight is 426 g/mol. The molecule has 1 N–H and O–H groups in total. The SMILES string of the molecule is COc1ccc(OC)c(NC(=O)COC(=O)[C@@H]2CC(=O)N(c3cc(C)ccc3C)C2)c1. The van der Waals surface area contributed by atoms with E-state index in [-0.39, 0.29) is 18.9 Å². The normalized spacial score (nSPS) is 15.5. The van der Waals surface area contributed by atoms with Crippen LogP contribution in [-0.4, -0.2) is 45.2 Å². The standard InChI is InChI=1S/C23H26N2O6/c1-14-5-6-15(2)19(9-14)25-12-16(10-22(25)27)23(28)31-13-21(26)24-18-11-17(29-3)7-8-20(18)30-4/h5-9,11,16H,10,12-13H2,1-4H3,(H,24,26)/t16-/m1/s1. The molecule has 3 rings (SSSR count). The van der Waals surface area contributed by atoms with Gasteiger partial charge < -0.3 is 24.4 Å². The van der Waals surface area contributed by atoms with E-state index < -0.39 is 24.4 Å². The number of amides is 2. The summed E-state index contributed by atoms with van der Waals surface area (Å²) in [5, 5.41) is 2.64. The van der Waals surface area contributed by atoms with Crippen molar-refractivity contribution in [2.45, 2.75) is 20.3 Å². The van der Waals surface area contributed by atoms with Crippen LogP contribution in [-0.2, 0) is 19.1 Å². The number of carbonyl (C=O) groups is 3. The Morgan fingerprint density at radius 2 is 1.87 bits per heavy atom. The van der Waals surface area contributed by atoms with E-state index >= 15 is 0 Å². The summed E-state index contributed by atoms with van der Waals surface area (Å²) in [7, 11) is 3.00. The molecule has 0 aliphatic carbocycles. The molecule has 164 valence electrons. The van der Waals surface area contributed by atoms with E-state index in [9.17, 15) is 14.4 Å². The van der Waals surface area contributed by atoms with E-state index in [2.05, 4.69) is 5.32 Å². The molecule has 1 aliphatic heterocycles. The zero-order valence-electron chi connectivity index (χ0n) is 18.1. The van der Waals surface area contributed by atoms with Gasteiger partial charge in [-0.25, -0.2) is 0 Å². The lowest BCUT2D eigenvalue weighted by atomic mass is 10.1. The summed E-state index contributed by atoms with van der Waals surface area (Å²) in [5.74, 6) is -0.854. The van der Waals surface area contributed by atoms with Gasteiger partial charge >= 0.3 is 5.97 Å². The molecule has 1 aliphatic rings. The molecule has 0 saturated carbocycles. The van der Waals surface area contributed by atoms with E-state index in [0.717, 1.165) is 16.8 Å². The van der Waals surface area contributed by atoms with E-state index in [0.29, 0.717) is 17.2 Å². The van der Waals surface area contributed by atoms with Gasteiger partial charge in [0.1, 0.15) is 11.5 Å². The highest BCUT2D eigenvalue weighted by atomic mass is 16.5. The van der Waals surface area contributed by atoms with E-state index in [4.69, 9.17) is 14.2 Å². The summed E-state index contributed by atoms with van der Waals surface area (Å²) >= 11 is 0. The number of methoxy groups -OCH3 is 2. The van der Waals surface area contributed by atoms with Crippen molar-refractivity contribution >= 4 is 29.2 Å². The molecule has 8 heteroatoms. The van der Waals surface area contributed by atoms with Crippen LogP contribution < -0.4 is 19.7 Å². The van der Waals surface area contributed by atoms with Crippen LogP contribution in [0.15, 0.2) is 36.4 Å². The van der Waals surface area contributed by atoms with Crippen molar-refractivity contribution in [1.29, 1.82) is 0 Å². The molecular formula is C23H26N2O6. The predicted molar refractivity (Wildman–Crippen MR) is 116 cm³/mol. The molecule has 1 saturated heterocycles. The summed E-state index contributed by atoms with van der Waals surface area (Å²) in [6.45, 7) is 3.64. The minimum atomic E-state index is -0.619. The van der Waals surface area contributed by atoms with E-state index in [1.807, 2.05) is 32.0 Å². The van der Waals surface area contributed by atoms with Gasteiger partial charge in [-0.2, -0.15) is 0 Å². The molecule has 0 radical (unpaired) electrons. The Kier molecular flexibility index (Phi) is 6.79. The first-order valence-corrected chi connectivity index (χ1v) is 9.88. The Morgan fingerprint density at radius 1 is 1.10 bits per heavy atom. The monoisotopic (exact) mass is 426 g/mol. The number of aryl methyl sites for hydroxylation is 2. The fourth-order valence-corrected chi connectivity index (χ4v) is 3.46. The van der Waals surface area contributed by atoms with Gasteiger partial charge in [0, 0.05) is 24.7 Å². The molecule has 0 aromatic heterocycles. The summed E-state index contributed by atoms with van der Waals surface area (Å²) in [4.78, 5) is 38.8. The molecule has 2 aromatic carbocycles. The van der Waals surface area contributed by atoms with Gasteiger partial charge in [-0.05, 0) is 43.2 Å². The lowest BCUT2D eigenvalue weighted by molar-refractivity contribution is -0.151. The Morgan fingerprint density at radius 3 is 2.58 bits per heavy atom. The maximum Gasteiger partial charge on any atom is 0.311 e. The number of esters is 1. The van der Waals surface area contributed by atoms with Gasteiger partial charge in [0.25, 0.3) is 5.91 Å². The molecule has 1 heterocycles. The van der Waals surface area contributed by atoms with Crippen LogP contribution in [0.4, 0.5) is 11.4 Å². The van der Waals surface area contributed by atoms with Gasteiger partial charge in [-0.15, -0.1) is 0 Å². The van der Waals surface area contributed by atoms with Gasteiger partial charge in [0.2, 0.25) is 5.91 Å². The summed E-state index contributed by atoms with van der Waals surface area (Å²) in [6, 6.07) is 10.8. The molecule has 1 fully saturated rings. The maximum atomic E-state index is 12.5. The number of rotatable bonds is 7. The topological polar surface area (TPSA) is 94.2 Å². The number of hydrogen-bond acceptors (Lipinski definition) is 6. The number of ether oxygens (including phenoxy) is 3. The first kappa shape index (κ1) is 22.1. The third kappa shape index (κ3) is 5.14. The van der Waals surface area contributed by atoms with E-state index in [1.165, 1.54) is 14.2 Å². The number of nitrogens with one attached hydrogen (secondary N) is 1. The molecule has 0 bridgehead atoms. The number of carbonyl (C=O) groups excluding carboxylic acids is 3. The van der Waals surface area contributed by atoms with Crippen LogP contribution >= 0.6 is 0 Å². The molecule has 8 nitrogen and oxygen atoms in total. The zero-order valence-corrected chi connectivity index (χ0v) is 18.1. The Balaban J connectivity index is 1.58. The van der Waals surface area contributed by atoms with Crippen molar-refractivity contribution < 1.29 is 28.6 Å². The Bertz CT molecular complexity index is 1000. The second kappa shape index (κ2) is 9.51. The van der Waals surface area contributed by atoms with Crippen LogP contribution in [0.25, 0.3) is 0 Å². The highest BCUT2D eigenvalue weighted by molar-refractivity contribution is 6.00. The van der Waals surface area contributed by atoms with Crippen LogP contribution in [0.1, 0.15) is 17.5 Å². The highest BCUT2D eigenvalue weighted by Gasteiger charge is 2.37. The van der Waals surface area contributed by atoms with Crippen molar-refractivity contribution in [3.63, 3.8) is 0 Å². The second-order valence-electron chi connectivity index (χ2n) is 7.42. The first-order valence-electron chi connectivity index (χ1n) is 9.88. The van der Waals surface area contributed by atoms with Gasteiger partial charge in [0.15, 0.2) is 6.61 Å². The Hall–Kier alpha value is -3.55.